The van der Waals surface area contributed by atoms with E-state index in [0.29, 0.717) is 5.52 Å². The molecule has 3 rings (SSSR count). The molecule has 0 bridgehead atoms. The molecule has 0 saturated carbocycles. The summed E-state index contributed by atoms with van der Waals surface area (Å²) >= 11 is 0. The molecule has 0 spiro atoms. The third kappa shape index (κ3) is 5.67. The van der Waals surface area contributed by atoms with Crippen LogP contribution in [0.2, 0.25) is 0 Å². The van der Waals surface area contributed by atoms with Gasteiger partial charge in [-0.3, -0.25) is 14.9 Å². The normalized spacial score (nSPS) is 11.3. The van der Waals surface area contributed by atoms with Crippen LogP contribution in [0.15, 0.2) is 48.5 Å². The van der Waals surface area contributed by atoms with Crippen LogP contribution in [0.25, 0.3) is 10.9 Å². The number of aromatic nitrogens is 1. The van der Waals surface area contributed by atoms with E-state index in [2.05, 4.69) is 10.3 Å². The Morgan fingerprint density at radius 2 is 1.84 bits per heavy atom. The predicted octanol–water partition coefficient (Wildman–Crippen LogP) is 4.19. The Labute approximate surface area is 178 Å². The summed E-state index contributed by atoms with van der Waals surface area (Å²) in [5, 5.41) is 14.4. The molecule has 3 aromatic rings. The number of rotatable bonds is 7. The molecule has 0 atom stereocenters. The lowest BCUT2D eigenvalue weighted by Crippen LogP contribution is -2.24. The van der Waals surface area contributed by atoms with Crippen molar-refractivity contribution in [3.8, 4) is 0 Å². The van der Waals surface area contributed by atoms with E-state index in [0.717, 1.165) is 5.56 Å². The molecule has 0 fully saturated rings. The number of amides is 1. The first-order valence-electron chi connectivity index (χ1n) is 9.59. The summed E-state index contributed by atoms with van der Waals surface area (Å²) in [6, 6.07) is 13.6. The van der Waals surface area contributed by atoms with Gasteiger partial charge in [0.15, 0.2) is 0 Å². The number of carbonyl (C=O) groups is 2. The molecule has 0 aliphatic rings. The maximum atomic E-state index is 12.3. The van der Waals surface area contributed by atoms with E-state index in [9.17, 15) is 19.7 Å². The Morgan fingerprint density at radius 1 is 1.13 bits per heavy atom. The molecule has 0 aliphatic carbocycles. The number of ether oxygens (including phenoxy) is 2. The van der Waals surface area contributed by atoms with Crippen LogP contribution in [0.3, 0.4) is 0 Å². The molecule has 0 aliphatic heterocycles. The van der Waals surface area contributed by atoms with Crippen LogP contribution < -0.4 is 5.32 Å². The minimum atomic E-state index is -0.709. The Hall–Kier alpha value is -3.72. The first-order valence-corrected chi connectivity index (χ1v) is 9.59. The number of hydrogen-bond acceptors (Lipinski definition) is 6. The van der Waals surface area contributed by atoms with Crippen LogP contribution in [-0.2, 0) is 20.9 Å². The zero-order valence-corrected chi connectivity index (χ0v) is 17.4. The summed E-state index contributed by atoms with van der Waals surface area (Å²) in [5.74, 6) is -1.15. The predicted molar refractivity (Wildman–Crippen MR) is 115 cm³/mol. The van der Waals surface area contributed by atoms with Crippen LogP contribution in [0, 0.1) is 10.1 Å². The summed E-state index contributed by atoms with van der Waals surface area (Å²) in [5.41, 5.74) is 0.359. The molecular weight excluding hydrogens is 402 g/mol. The van der Waals surface area contributed by atoms with Gasteiger partial charge in [-0.2, -0.15) is 0 Å². The molecule has 1 aromatic heterocycles. The van der Waals surface area contributed by atoms with Gasteiger partial charge in [0.25, 0.3) is 5.91 Å². The maximum Gasteiger partial charge on any atom is 0.355 e. The maximum absolute atomic E-state index is 12.3. The number of hydrogen-bond donors (Lipinski definition) is 2. The minimum absolute atomic E-state index is 0.0144. The van der Waals surface area contributed by atoms with Gasteiger partial charge in [-0.15, -0.1) is 0 Å². The highest BCUT2D eigenvalue weighted by Crippen LogP contribution is 2.34. The van der Waals surface area contributed by atoms with Crippen molar-refractivity contribution in [1.82, 2.24) is 4.98 Å². The molecule has 0 unspecified atom stereocenters. The summed E-state index contributed by atoms with van der Waals surface area (Å²) in [6.45, 7) is 5.16. The lowest BCUT2D eigenvalue weighted by molar-refractivity contribution is -0.382. The number of H-pyrrole nitrogens is 1. The van der Waals surface area contributed by atoms with Gasteiger partial charge in [0.05, 0.1) is 22.4 Å². The quantitative estimate of drug-likeness (QED) is 0.332. The van der Waals surface area contributed by atoms with Gasteiger partial charge in [0.1, 0.15) is 23.6 Å². The standard InChI is InChI=1S/C22H23N3O6/c1-22(2,3)31-21(27)18-11-15-16(23-18)9-10-17(20(15)25(28)29)24-19(26)13-30-12-14-7-5-4-6-8-14/h4-11,23H,12-13H2,1-3H3,(H,24,26). The first kappa shape index (κ1) is 22.0. The summed E-state index contributed by atoms with van der Waals surface area (Å²) in [6.07, 6.45) is 0. The van der Waals surface area contributed by atoms with Gasteiger partial charge in [0.2, 0.25) is 0 Å². The number of aromatic amines is 1. The molecule has 162 valence electrons. The number of nitro groups is 1. The molecule has 0 saturated heterocycles. The van der Waals surface area contributed by atoms with Crippen LogP contribution in [0.4, 0.5) is 11.4 Å². The van der Waals surface area contributed by atoms with Gasteiger partial charge in [-0.25, -0.2) is 4.79 Å². The number of esters is 1. The zero-order chi connectivity index (χ0) is 22.6. The largest absolute Gasteiger partial charge is 0.455 e. The van der Waals surface area contributed by atoms with Crippen molar-refractivity contribution in [1.29, 1.82) is 0 Å². The molecule has 0 radical (unpaired) electrons. The second-order valence-electron chi connectivity index (χ2n) is 7.89. The van der Waals surface area contributed by atoms with Crippen molar-refractivity contribution in [3.63, 3.8) is 0 Å². The molecular formula is C22H23N3O6. The topological polar surface area (TPSA) is 124 Å². The van der Waals surface area contributed by atoms with E-state index in [-0.39, 0.29) is 35.7 Å². The number of benzene rings is 2. The molecule has 1 amide bonds. The van der Waals surface area contributed by atoms with E-state index < -0.39 is 22.4 Å². The Balaban J connectivity index is 1.77. The fourth-order valence-electron chi connectivity index (χ4n) is 2.95. The van der Waals surface area contributed by atoms with E-state index in [1.165, 1.54) is 12.1 Å². The van der Waals surface area contributed by atoms with Gasteiger partial charge in [0, 0.05) is 0 Å². The molecule has 31 heavy (non-hydrogen) atoms. The van der Waals surface area contributed by atoms with Crippen LogP contribution in [0.5, 0.6) is 0 Å². The van der Waals surface area contributed by atoms with Crippen molar-refractivity contribution >= 4 is 34.2 Å². The van der Waals surface area contributed by atoms with Gasteiger partial charge in [-0.1, -0.05) is 30.3 Å². The fourth-order valence-corrected chi connectivity index (χ4v) is 2.95. The van der Waals surface area contributed by atoms with Crippen LogP contribution >= 0.6 is 0 Å². The SMILES string of the molecule is CC(C)(C)OC(=O)c1cc2c([N+](=O)[O-])c(NC(=O)COCc3ccccc3)ccc2[nH]1. The fraction of sp³-hybridized carbons (Fsp3) is 0.273. The third-order valence-electron chi connectivity index (χ3n) is 4.20. The Kier molecular flexibility index (Phi) is 6.36. The highest BCUT2D eigenvalue weighted by molar-refractivity contribution is 6.04. The number of fused-ring (bicyclic) bond motifs is 1. The van der Waals surface area contributed by atoms with Gasteiger partial charge >= 0.3 is 11.7 Å². The van der Waals surface area contributed by atoms with Crippen molar-refractivity contribution < 1.29 is 24.0 Å². The van der Waals surface area contributed by atoms with E-state index in [1.54, 1.807) is 26.8 Å². The number of carbonyl (C=O) groups excluding carboxylic acids is 2. The van der Waals surface area contributed by atoms with E-state index in [1.807, 2.05) is 30.3 Å². The summed E-state index contributed by atoms with van der Waals surface area (Å²) in [4.78, 5) is 38.5. The first-order chi connectivity index (χ1) is 14.6. The lowest BCUT2D eigenvalue weighted by Gasteiger charge is -2.18. The van der Waals surface area contributed by atoms with Crippen molar-refractivity contribution in [2.75, 3.05) is 11.9 Å². The number of anilines is 1. The zero-order valence-electron chi connectivity index (χ0n) is 17.4. The molecule has 9 nitrogen and oxygen atoms in total. The second kappa shape index (κ2) is 8.97. The third-order valence-corrected chi connectivity index (χ3v) is 4.20. The number of nitrogens with one attached hydrogen (secondary N) is 2. The highest BCUT2D eigenvalue weighted by atomic mass is 16.6. The second-order valence-corrected chi connectivity index (χ2v) is 7.89. The van der Waals surface area contributed by atoms with Crippen LogP contribution in [0.1, 0.15) is 36.8 Å². The van der Waals surface area contributed by atoms with Gasteiger partial charge in [-0.05, 0) is 44.5 Å². The van der Waals surface area contributed by atoms with Crippen molar-refractivity contribution in [2.45, 2.75) is 33.0 Å². The van der Waals surface area contributed by atoms with Crippen LogP contribution in [-0.4, -0.2) is 34.0 Å². The van der Waals surface area contributed by atoms with E-state index >= 15 is 0 Å². The number of nitro benzene ring substituents is 1. The smallest absolute Gasteiger partial charge is 0.355 e. The average Bonchev–Trinajstić information content (AvgIpc) is 3.11. The molecule has 1 heterocycles. The summed E-state index contributed by atoms with van der Waals surface area (Å²) < 4.78 is 10.7. The Bertz CT molecular complexity index is 1120. The van der Waals surface area contributed by atoms with Crippen molar-refractivity contribution in [2.24, 2.45) is 0 Å². The number of nitrogens with zero attached hydrogens (tertiary/aromatic N) is 1. The van der Waals surface area contributed by atoms with Gasteiger partial charge < -0.3 is 19.8 Å². The molecule has 2 aromatic carbocycles. The van der Waals surface area contributed by atoms with E-state index in [4.69, 9.17) is 9.47 Å². The summed E-state index contributed by atoms with van der Waals surface area (Å²) in [7, 11) is 0. The molecule has 9 heteroatoms. The van der Waals surface area contributed by atoms with Crippen molar-refractivity contribution in [3.05, 3.63) is 69.9 Å². The lowest BCUT2D eigenvalue weighted by atomic mass is 10.1. The minimum Gasteiger partial charge on any atom is -0.455 e. The Morgan fingerprint density at radius 3 is 2.48 bits per heavy atom. The highest BCUT2D eigenvalue weighted by Gasteiger charge is 2.25. The molecule has 2 N–H and O–H groups in total. The average molecular weight is 425 g/mol. The monoisotopic (exact) mass is 425 g/mol.